The van der Waals surface area contributed by atoms with E-state index in [9.17, 15) is 9.59 Å². The van der Waals surface area contributed by atoms with Crippen LogP contribution in [0, 0.1) is 6.92 Å². The molecule has 2 atom stereocenters. The standard InChI is InChI=1S/C19H24N4O3/c1-11-7-23(8-13-6-20-19(25)22(13)3)9-17(21-11)14-4-5-15-16(12(14)2)10-26-18(15)24/h4-6,11,17,21H,7-10H2,1-3H3,(H,20,25)/t11-,17-/m0/s1. The lowest BCUT2D eigenvalue weighted by atomic mass is 9.92. The topological polar surface area (TPSA) is 79.4 Å². The summed E-state index contributed by atoms with van der Waals surface area (Å²) in [6, 6.07) is 4.43. The number of nitrogens with one attached hydrogen (secondary N) is 2. The smallest absolute Gasteiger partial charge is 0.338 e. The van der Waals surface area contributed by atoms with E-state index in [2.05, 4.69) is 29.0 Å². The fourth-order valence-corrected chi connectivity index (χ4v) is 4.08. The van der Waals surface area contributed by atoms with Crippen molar-refractivity contribution in [3.05, 3.63) is 56.8 Å². The highest BCUT2D eigenvalue weighted by Crippen LogP contribution is 2.31. The third-order valence-electron chi connectivity index (χ3n) is 5.53. The molecule has 2 N–H and O–H groups in total. The van der Waals surface area contributed by atoms with Gasteiger partial charge in [0.1, 0.15) is 6.61 Å². The Morgan fingerprint density at radius 3 is 2.81 bits per heavy atom. The second-order valence-corrected chi connectivity index (χ2v) is 7.34. The number of carbonyl (C=O) groups is 1. The Morgan fingerprint density at radius 2 is 2.08 bits per heavy atom. The van der Waals surface area contributed by atoms with Gasteiger partial charge in [0.25, 0.3) is 0 Å². The van der Waals surface area contributed by atoms with Crippen LogP contribution in [-0.2, 0) is 24.9 Å². The fraction of sp³-hybridized carbons (Fsp3) is 0.474. The Morgan fingerprint density at radius 1 is 1.27 bits per heavy atom. The molecule has 1 saturated heterocycles. The van der Waals surface area contributed by atoms with Crippen molar-refractivity contribution >= 4 is 5.97 Å². The minimum atomic E-state index is -0.227. The number of nitrogens with zero attached hydrogens (tertiary/aromatic N) is 2. The van der Waals surface area contributed by atoms with Gasteiger partial charge in [-0.15, -0.1) is 0 Å². The summed E-state index contributed by atoms with van der Waals surface area (Å²) in [5.41, 5.74) is 4.93. The SMILES string of the molecule is Cc1c([C@@H]2CN(Cc3c[nH]c(=O)n3C)C[C@H](C)N2)ccc2c1COC2=O. The number of aromatic nitrogens is 2. The Kier molecular flexibility index (Phi) is 4.20. The van der Waals surface area contributed by atoms with Gasteiger partial charge in [-0.1, -0.05) is 6.07 Å². The first-order valence-electron chi connectivity index (χ1n) is 8.95. The maximum atomic E-state index is 11.8. The summed E-state index contributed by atoms with van der Waals surface area (Å²) in [5.74, 6) is -0.227. The van der Waals surface area contributed by atoms with Crippen molar-refractivity contribution in [2.24, 2.45) is 7.05 Å². The van der Waals surface area contributed by atoms with Gasteiger partial charge in [-0.3, -0.25) is 9.47 Å². The number of hydrogen-bond donors (Lipinski definition) is 2. The van der Waals surface area contributed by atoms with E-state index in [-0.39, 0.29) is 17.7 Å². The normalized spacial score (nSPS) is 23.1. The van der Waals surface area contributed by atoms with Gasteiger partial charge < -0.3 is 15.0 Å². The summed E-state index contributed by atoms with van der Waals surface area (Å²) in [6.07, 6.45) is 1.79. The first-order chi connectivity index (χ1) is 12.4. The molecule has 0 unspecified atom stereocenters. The minimum absolute atomic E-state index is 0.0844. The van der Waals surface area contributed by atoms with Crippen molar-refractivity contribution in [2.75, 3.05) is 13.1 Å². The van der Waals surface area contributed by atoms with Gasteiger partial charge in [0.15, 0.2) is 0 Å². The van der Waals surface area contributed by atoms with Gasteiger partial charge in [0.05, 0.1) is 11.3 Å². The maximum Gasteiger partial charge on any atom is 0.338 e. The van der Waals surface area contributed by atoms with Crippen LogP contribution in [0.25, 0.3) is 0 Å². The number of H-pyrrole nitrogens is 1. The molecule has 138 valence electrons. The Balaban J connectivity index is 1.58. The molecule has 2 aliphatic rings. The first-order valence-corrected chi connectivity index (χ1v) is 8.95. The molecule has 0 spiro atoms. The lowest BCUT2D eigenvalue weighted by molar-refractivity contribution is 0.0535. The fourth-order valence-electron chi connectivity index (χ4n) is 4.08. The number of fused-ring (bicyclic) bond motifs is 1. The number of hydrogen-bond acceptors (Lipinski definition) is 5. The van der Waals surface area contributed by atoms with Gasteiger partial charge in [0, 0.05) is 50.5 Å². The molecule has 1 fully saturated rings. The molecule has 7 nitrogen and oxygen atoms in total. The maximum absolute atomic E-state index is 11.8. The molecule has 0 radical (unpaired) electrons. The van der Waals surface area contributed by atoms with Crippen molar-refractivity contribution in [3.63, 3.8) is 0 Å². The zero-order valence-electron chi connectivity index (χ0n) is 15.3. The van der Waals surface area contributed by atoms with Crippen molar-refractivity contribution in [3.8, 4) is 0 Å². The molecule has 26 heavy (non-hydrogen) atoms. The van der Waals surface area contributed by atoms with Crippen LogP contribution in [0.4, 0.5) is 0 Å². The Bertz CT molecular complexity index is 914. The number of carbonyl (C=O) groups excluding carboxylic acids is 1. The Labute approximate surface area is 152 Å². The molecule has 4 rings (SSSR count). The van der Waals surface area contributed by atoms with E-state index >= 15 is 0 Å². The summed E-state index contributed by atoms with van der Waals surface area (Å²) in [7, 11) is 1.79. The third kappa shape index (κ3) is 2.87. The molecule has 2 aromatic rings. The van der Waals surface area contributed by atoms with Gasteiger partial charge in [-0.05, 0) is 31.0 Å². The lowest BCUT2D eigenvalue weighted by Gasteiger charge is -2.38. The molecule has 0 saturated carbocycles. The van der Waals surface area contributed by atoms with Crippen LogP contribution < -0.4 is 11.0 Å². The highest BCUT2D eigenvalue weighted by atomic mass is 16.5. The van der Waals surface area contributed by atoms with Crippen LogP contribution in [-0.4, -0.2) is 39.6 Å². The second kappa shape index (κ2) is 6.41. The lowest BCUT2D eigenvalue weighted by Crippen LogP contribution is -2.51. The summed E-state index contributed by atoms with van der Waals surface area (Å²) >= 11 is 0. The van der Waals surface area contributed by atoms with Crippen LogP contribution in [0.2, 0.25) is 0 Å². The van der Waals surface area contributed by atoms with Gasteiger partial charge >= 0.3 is 11.7 Å². The quantitative estimate of drug-likeness (QED) is 0.809. The summed E-state index contributed by atoms with van der Waals surface area (Å²) < 4.78 is 6.84. The average molecular weight is 356 g/mol. The van der Waals surface area contributed by atoms with Crippen LogP contribution >= 0.6 is 0 Å². The number of ether oxygens (including phenoxy) is 1. The number of piperazine rings is 1. The molecule has 3 heterocycles. The highest BCUT2D eigenvalue weighted by Gasteiger charge is 2.30. The van der Waals surface area contributed by atoms with E-state index < -0.39 is 0 Å². The van der Waals surface area contributed by atoms with Crippen LogP contribution in [0.3, 0.4) is 0 Å². The minimum Gasteiger partial charge on any atom is -0.457 e. The van der Waals surface area contributed by atoms with Gasteiger partial charge in [0.2, 0.25) is 0 Å². The van der Waals surface area contributed by atoms with Crippen LogP contribution in [0.1, 0.15) is 45.7 Å². The van der Waals surface area contributed by atoms with E-state index in [1.54, 1.807) is 17.8 Å². The van der Waals surface area contributed by atoms with E-state index in [0.29, 0.717) is 18.2 Å². The molecular formula is C19H24N4O3. The molecule has 0 aliphatic carbocycles. The monoisotopic (exact) mass is 356 g/mol. The number of benzene rings is 1. The highest BCUT2D eigenvalue weighted by molar-refractivity contribution is 5.93. The molecule has 2 aliphatic heterocycles. The summed E-state index contributed by atoms with van der Waals surface area (Å²) in [4.78, 5) is 28.5. The van der Waals surface area contributed by atoms with Crippen molar-refractivity contribution in [2.45, 2.75) is 39.1 Å². The number of aromatic amines is 1. The predicted octanol–water partition coefficient (Wildman–Crippen LogP) is 1.23. The third-order valence-corrected chi connectivity index (χ3v) is 5.53. The summed E-state index contributed by atoms with van der Waals surface area (Å²) in [5, 5.41) is 3.67. The molecule has 0 amide bonds. The summed E-state index contributed by atoms with van der Waals surface area (Å²) in [6.45, 7) is 7.09. The molecule has 1 aromatic carbocycles. The van der Waals surface area contributed by atoms with E-state index in [1.165, 1.54) is 5.56 Å². The zero-order chi connectivity index (χ0) is 18.4. The number of cyclic esters (lactones) is 1. The van der Waals surface area contributed by atoms with Crippen molar-refractivity contribution in [1.29, 1.82) is 0 Å². The molecular weight excluding hydrogens is 332 g/mol. The van der Waals surface area contributed by atoms with E-state index in [1.807, 2.05) is 12.1 Å². The van der Waals surface area contributed by atoms with Crippen molar-refractivity contribution < 1.29 is 9.53 Å². The average Bonchev–Trinajstić information content (AvgIpc) is 3.13. The van der Waals surface area contributed by atoms with E-state index in [0.717, 1.165) is 36.5 Å². The predicted molar refractivity (Wildman–Crippen MR) is 96.9 cm³/mol. The van der Waals surface area contributed by atoms with Crippen LogP contribution in [0.5, 0.6) is 0 Å². The largest absolute Gasteiger partial charge is 0.457 e. The number of rotatable bonds is 3. The van der Waals surface area contributed by atoms with Gasteiger partial charge in [-0.2, -0.15) is 0 Å². The van der Waals surface area contributed by atoms with Gasteiger partial charge in [-0.25, -0.2) is 9.59 Å². The molecule has 0 bridgehead atoms. The number of imidazole rings is 1. The Hall–Kier alpha value is -2.38. The molecule has 7 heteroatoms. The first kappa shape index (κ1) is 17.1. The van der Waals surface area contributed by atoms with E-state index in [4.69, 9.17) is 4.74 Å². The number of esters is 1. The zero-order valence-corrected chi connectivity index (χ0v) is 15.3. The van der Waals surface area contributed by atoms with Crippen molar-refractivity contribution in [1.82, 2.24) is 19.8 Å². The molecule has 1 aromatic heterocycles. The second-order valence-electron chi connectivity index (χ2n) is 7.34. The van der Waals surface area contributed by atoms with Crippen LogP contribution in [0.15, 0.2) is 23.1 Å².